The lowest BCUT2D eigenvalue weighted by Crippen LogP contribution is -2.18. The number of carbonyl (C=O) groups is 1. The largest absolute Gasteiger partial charge is 0.324 e. The molecule has 3 rings (SSSR count). The summed E-state index contributed by atoms with van der Waals surface area (Å²) in [5, 5.41) is 18.2. The van der Waals surface area contributed by atoms with Crippen LogP contribution >= 0.6 is 11.8 Å². The van der Waals surface area contributed by atoms with Crippen LogP contribution in [0.1, 0.15) is 5.69 Å². The molecule has 0 saturated carbocycles. The topological polar surface area (TPSA) is 81.6 Å². The van der Waals surface area contributed by atoms with E-state index in [4.69, 9.17) is 5.26 Å². The van der Waals surface area contributed by atoms with Gasteiger partial charge in [0.15, 0.2) is 5.69 Å². The average Bonchev–Trinajstić information content (AvgIpc) is 2.86. The standard InChI is InChI=1S/C12H8N4OS/c13-5-8-4-9(16-15-8)7-1-2-11-10(3-7)14-12(17)6-18-11/h1-4H,6H2,(H,14,17)(H,15,16). The van der Waals surface area contributed by atoms with Gasteiger partial charge in [0.25, 0.3) is 0 Å². The summed E-state index contributed by atoms with van der Waals surface area (Å²) in [4.78, 5) is 12.4. The van der Waals surface area contributed by atoms with Crippen molar-refractivity contribution in [3.8, 4) is 17.3 Å². The Kier molecular flexibility index (Phi) is 2.54. The summed E-state index contributed by atoms with van der Waals surface area (Å²) in [5.74, 6) is 0.460. The molecule has 1 aliphatic rings. The molecule has 6 heteroatoms. The van der Waals surface area contributed by atoms with Gasteiger partial charge in [0.05, 0.1) is 17.1 Å². The highest BCUT2D eigenvalue weighted by Crippen LogP contribution is 2.34. The fourth-order valence-electron chi connectivity index (χ4n) is 1.78. The molecule has 0 aliphatic carbocycles. The Labute approximate surface area is 107 Å². The van der Waals surface area contributed by atoms with Crippen LogP contribution in [0.2, 0.25) is 0 Å². The molecule has 2 N–H and O–H groups in total. The van der Waals surface area contributed by atoms with Crippen LogP contribution in [0, 0.1) is 11.3 Å². The predicted molar refractivity (Wildman–Crippen MR) is 68.1 cm³/mol. The van der Waals surface area contributed by atoms with Crippen LogP contribution < -0.4 is 5.32 Å². The van der Waals surface area contributed by atoms with Gasteiger partial charge >= 0.3 is 0 Å². The molecule has 2 aromatic rings. The van der Waals surface area contributed by atoms with Crippen LogP contribution in [0.3, 0.4) is 0 Å². The van der Waals surface area contributed by atoms with E-state index < -0.39 is 0 Å². The maximum absolute atomic E-state index is 11.3. The summed E-state index contributed by atoms with van der Waals surface area (Å²) in [6.45, 7) is 0. The normalized spacial score (nSPS) is 13.6. The number of aromatic amines is 1. The second-order valence-corrected chi connectivity index (χ2v) is 4.84. The summed E-state index contributed by atoms with van der Waals surface area (Å²) >= 11 is 1.52. The minimum atomic E-state index is 0.00646. The molecular formula is C12H8N4OS. The van der Waals surface area contributed by atoms with Crippen LogP contribution in [0.15, 0.2) is 29.2 Å². The van der Waals surface area contributed by atoms with E-state index in [1.54, 1.807) is 6.07 Å². The summed E-state index contributed by atoms with van der Waals surface area (Å²) in [7, 11) is 0. The van der Waals surface area contributed by atoms with Crippen molar-refractivity contribution >= 4 is 23.4 Å². The maximum Gasteiger partial charge on any atom is 0.234 e. The minimum absolute atomic E-state index is 0.00646. The van der Waals surface area contributed by atoms with Gasteiger partial charge in [-0.15, -0.1) is 11.8 Å². The number of nitrogens with zero attached hydrogens (tertiary/aromatic N) is 2. The summed E-state index contributed by atoms with van der Waals surface area (Å²) in [6.07, 6.45) is 0. The molecule has 1 aliphatic heterocycles. The van der Waals surface area contributed by atoms with Crippen molar-refractivity contribution in [1.29, 1.82) is 5.26 Å². The van der Waals surface area contributed by atoms with E-state index in [2.05, 4.69) is 15.5 Å². The van der Waals surface area contributed by atoms with Gasteiger partial charge in [0.2, 0.25) is 5.91 Å². The van der Waals surface area contributed by atoms with Crippen molar-refractivity contribution in [1.82, 2.24) is 10.2 Å². The molecule has 88 valence electrons. The van der Waals surface area contributed by atoms with Crippen molar-refractivity contribution in [3.63, 3.8) is 0 Å². The Hall–Kier alpha value is -2.26. The number of fused-ring (bicyclic) bond motifs is 1. The summed E-state index contributed by atoms with van der Waals surface area (Å²) in [5.41, 5.74) is 2.81. The first-order valence-electron chi connectivity index (χ1n) is 5.29. The first-order chi connectivity index (χ1) is 8.76. The molecule has 0 fully saturated rings. The lowest BCUT2D eigenvalue weighted by Gasteiger charge is -2.16. The molecule has 5 nitrogen and oxygen atoms in total. The number of nitrogens with one attached hydrogen (secondary N) is 2. The molecule has 0 radical (unpaired) electrons. The van der Waals surface area contributed by atoms with Crippen molar-refractivity contribution in [3.05, 3.63) is 30.0 Å². The second-order valence-electron chi connectivity index (χ2n) is 3.83. The molecular weight excluding hydrogens is 248 g/mol. The first-order valence-corrected chi connectivity index (χ1v) is 6.27. The van der Waals surface area contributed by atoms with E-state index in [-0.39, 0.29) is 5.91 Å². The third-order valence-corrected chi connectivity index (χ3v) is 3.69. The first kappa shape index (κ1) is 10.9. The van der Waals surface area contributed by atoms with Crippen molar-refractivity contribution < 1.29 is 4.79 Å². The maximum atomic E-state index is 11.3. The van der Waals surface area contributed by atoms with Gasteiger partial charge < -0.3 is 5.32 Å². The molecule has 1 aromatic heterocycles. The van der Waals surface area contributed by atoms with E-state index in [1.165, 1.54) is 11.8 Å². The second kappa shape index (κ2) is 4.20. The Balaban J connectivity index is 2.01. The Bertz CT molecular complexity index is 671. The highest BCUT2D eigenvalue weighted by atomic mass is 32.2. The van der Waals surface area contributed by atoms with Crippen molar-refractivity contribution in [2.24, 2.45) is 0 Å². The third-order valence-electron chi connectivity index (χ3n) is 2.62. The molecule has 18 heavy (non-hydrogen) atoms. The van der Waals surface area contributed by atoms with E-state index in [1.807, 2.05) is 24.3 Å². The smallest absolute Gasteiger partial charge is 0.234 e. The summed E-state index contributed by atoms with van der Waals surface area (Å²) in [6, 6.07) is 9.44. The summed E-state index contributed by atoms with van der Waals surface area (Å²) < 4.78 is 0. The number of benzene rings is 1. The van der Waals surface area contributed by atoms with E-state index in [9.17, 15) is 4.79 Å². The van der Waals surface area contributed by atoms with Gasteiger partial charge in [-0.2, -0.15) is 10.4 Å². The monoisotopic (exact) mass is 256 g/mol. The highest BCUT2D eigenvalue weighted by molar-refractivity contribution is 8.00. The number of H-pyrrole nitrogens is 1. The molecule has 0 unspecified atom stereocenters. The lowest BCUT2D eigenvalue weighted by atomic mass is 10.1. The van der Waals surface area contributed by atoms with Crippen LogP contribution in [0.4, 0.5) is 5.69 Å². The number of hydrogen-bond donors (Lipinski definition) is 2. The molecule has 1 aromatic carbocycles. The number of carbonyl (C=O) groups excluding carboxylic acids is 1. The number of thioether (sulfide) groups is 1. The molecule has 2 heterocycles. The lowest BCUT2D eigenvalue weighted by molar-refractivity contribution is -0.113. The fraction of sp³-hybridized carbons (Fsp3) is 0.0833. The molecule has 0 bridgehead atoms. The highest BCUT2D eigenvalue weighted by Gasteiger charge is 2.16. The van der Waals surface area contributed by atoms with Gasteiger partial charge in [0, 0.05) is 16.5 Å². The number of amides is 1. The van der Waals surface area contributed by atoms with Gasteiger partial charge in [-0.1, -0.05) is 6.07 Å². The van der Waals surface area contributed by atoms with E-state index in [0.717, 1.165) is 21.8 Å². The Morgan fingerprint density at radius 2 is 2.28 bits per heavy atom. The Morgan fingerprint density at radius 3 is 3.06 bits per heavy atom. The number of hydrogen-bond acceptors (Lipinski definition) is 4. The Morgan fingerprint density at radius 1 is 1.39 bits per heavy atom. The van der Waals surface area contributed by atoms with Crippen LogP contribution in [-0.4, -0.2) is 21.9 Å². The van der Waals surface area contributed by atoms with Gasteiger partial charge in [-0.3, -0.25) is 9.89 Å². The fourth-order valence-corrected chi connectivity index (χ4v) is 2.57. The minimum Gasteiger partial charge on any atom is -0.324 e. The number of rotatable bonds is 1. The molecule has 0 saturated heterocycles. The number of nitriles is 1. The van der Waals surface area contributed by atoms with Gasteiger partial charge in [-0.05, 0) is 12.1 Å². The van der Waals surface area contributed by atoms with Gasteiger partial charge in [-0.25, -0.2) is 0 Å². The zero-order valence-corrected chi connectivity index (χ0v) is 10.0. The number of anilines is 1. The predicted octanol–water partition coefficient (Wildman–Crippen LogP) is 1.99. The number of aromatic nitrogens is 2. The van der Waals surface area contributed by atoms with Crippen molar-refractivity contribution in [2.45, 2.75) is 4.90 Å². The molecule has 0 atom stereocenters. The molecule has 1 amide bonds. The SMILES string of the molecule is N#Cc1cc(-c2ccc3c(c2)NC(=O)CS3)[nH]n1. The molecule has 0 spiro atoms. The van der Waals surface area contributed by atoms with Crippen LogP contribution in [-0.2, 0) is 4.79 Å². The van der Waals surface area contributed by atoms with Gasteiger partial charge in [0.1, 0.15) is 6.07 Å². The van der Waals surface area contributed by atoms with E-state index in [0.29, 0.717) is 11.4 Å². The average molecular weight is 256 g/mol. The third kappa shape index (κ3) is 1.85. The van der Waals surface area contributed by atoms with Crippen LogP contribution in [0.25, 0.3) is 11.3 Å². The van der Waals surface area contributed by atoms with Crippen molar-refractivity contribution in [2.75, 3.05) is 11.1 Å². The quantitative estimate of drug-likeness (QED) is 0.817. The zero-order valence-electron chi connectivity index (χ0n) is 9.23. The van der Waals surface area contributed by atoms with E-state index >= 15 is 0 Å². The van der Waals surface area contributed by atoms with Crippen LogP contribution in [0.5, 0.6) is 0 Å². The zero-order chi connectivity index (χ0) is 12.5.